The van der Waals surface area contributed by atoms with E-state index in [1.807, 2.05) is 42.5 Å². The van der Waals surface area contributed by atoms with Gasteiger partial charge in [-0.05, 0) is 24.1 Å². The van der Waals surface area contributed by atoms with E-state index < -0.39 is 0 Å². The third-order valence-electron chi connectivity index (χ3n) is 4.38. The van der Waals surface area contributed by atoms with Crippen LogP contribution in [0, 0.1) is 5.41 Å². The second kappa shape index (κ2) is 6.17. The second-order valence-electron chi connectivity index (χ2n) is 5.94. The quantitative estimate of drug-likeness (QED) is 0.788. The van der Waals surface area contributed by atoms with Crippen LogP contribution in [0.4, 0.5) is 0 Å². The maximum atomic E-state index is 12.4. The van der Waals surface area contributed by atoms with Gasteiger partial charge in [0.25, 0.3) is 0 Å². The minimum atomic E-state index is -0.203. The molecule has 0 saturated carbocycles. The van der Waals surface area contributed by atoms with Crippen LogP contribution in [-0.2, 0) is 11.2 Å². The highest BCUT2D eigenvalue weighted by molar-refractivity contribution is 7.18. The Labute approximate surface area is 144 Å². The maximum absolute atomic E-state index is 12.4. The van der Waals surface area contributed by atoms with Crippen molar-refractivity contribution in [2.24, 2.45) is 0 Å². The number of fused-ring (bicyclic) bond motifs is 1. The second-order valence-corrected chi connectivity index (χ2v) is 7.00. The summed E-state index contributed by atoms with van der Waals surface area (Å²) in [7, 11) is 0. The molecule has 0 aliphatic carbocycles. The van der Waals surface area contributed by atoms with Gasteiger partial charge in [0, 0.05) is 13.0 Å². The molecule has 1 N–H and O–H groups in total. The number of thiazole rings is 1. The Balaban J connectivity index is 1.52. The number of benzene rings is 2. The summed E-state index contributed by atoms with van der Waals surface area (Å²) >= 11 is 1.59. The van der Waals surface area contributed by atoms with Crippen LogP contribution in [0.3, 0.4) is 0 Å². The molecule has 2 heterocycles. The summed E-state index contributed by atoms with van der Waals surface area (Å²) in [6, 6.07) is 18.0. The van der Waals surface area contributed by atoms with Crippen LogP contribution < -0.4 is 0 Å². The fraction of sp³-hybridized carbons (Fsp3) is 0.211. The number of hydrogen-bond acceptors (Lipinski definition) is 4. The lowest BCUT2D eigenvalue weighted by molar-refractivity contribution is -0.125. The van der Waals surface area contributed by atoms with Crippen molar-refractivity contribution in [3.05, 3.63) is 65.2 Å². The molecule has 24 heavy (non-hydrogen) atoms. The highest BCUT2D eigenvalue weighted by Gasteiger charge is 2.37. The molecule has 1 saturated heterocycles. The third kappa shape index (κ3) is 2.71. The number of aromatic nitrogens is 1. The SMILES string of the molecule is N=C1C(c2nc3ccccc3s2)CC(=O)N1CCc1ccccc1. The minimum Gasteiger partial charge on any atom is -0.300 e. The molecule has 0 bridgehead atoms. The molecule has 120 valence electrons. The number of nitrogens with one attached hydrogen (secondary N) is 1. The normalized spacial score (nSPS) is 17.8. The molecular weight excluding hydrogens is 318 g/mol. The summed E-state index contributed by atoms with van der Waals surface area (Å²) in [5.74, 6) is 0.209. The van der Waals surface area contributed by atoms with Crippen LogP contribution in [0.1, 0.15) is 22.9 Å². The number of rotatable bonds is 4. The van der Waals surface area contributed by atoms with Crippen molar-refractivity contribution < 1.29 is 4.79 Å². The Bertz CT molecular complexity index is 870. The first-order valence-electron chi connectivity index (χ1n) is 8.00. The molecule has 5 heteroatoms. The van der Waals surface area contributed by atoms with E-state index in [1.165, 1.54) is 5.56 Å². The van der Waals surface area contributed by atoms with E-state index in [4.69, 9.17) is 5.41 Å². The maximum Gasteiger partial charge on any atom is 0.229 e. The predicted molar refractivity (Wildman–Crippen MR) is 96.6 cm³/mol. The van der Waals surface area contributed by atoms with Gasteiger partial charge in [-0.3, -0.25) is 15.1 Å². The van der Waals surface area contributed by atoms with Crippen molar-refractivity contribution >= 4 is 33.3 Å². The smallest absolute Gasteiger partial charge is 0.229 e. The first-order valence-corrected chi connectivity index (χ1v) is 8.82. The van der Waals surface area contributed by atoms with Gasteiger partial charge in [-0.2, -0.15) is 0 Å². The van der Waals surface area contributed by atoms with Crippen LogP contribution >= 0.6 is 11.3 Å². The van der Waals surface area contributed by atoms with Crippen LogP contribution in [0.25, 0.3) is 10.2 Å². The van der Waals surface area contributed by atoms with E-state index in [1.54, 1.807) is 16.2 Å². The molecule has 0 radical (unpaired) electrons. The van der Waals surface area contributed by atoms with Gasteiger partial charge in [0.05, 0.1) is 16.1 Å². The fourth-order valence-corrected chi connectivity index (χ4v) is 4.15. The average molecular weight is 335 g/mol. The average Bonchev–Trinajstić information content (AvgIpc) is 3.15. The third-order valence-corrected chi connectivity index (χ3v) is 5.53. The molecule has 2 aromatic carbocycles. The van der Waals surface area contributed by atoms with E-state index in [9.17, 15) is 4.79 Å². The standard InChI is InChI=1S/C19H17N3OS/c20-18-14(19-21-15-8-4-5-9-16(15)24-19)12-17(23)22(18)11-10-13-6-2-1-3-7-13/h1-9,14,20H,10-12H2. The molecular formula is C19H17N3OS. The van der Waals surface area contributed by atoms with Gasteiger partial charge in [0.15, 0.2) is 0 Å². The van der Waals surface area contributed by atoms with Crippen LogP contribution in [0.15, 0.2) is 54.6 Å². The molecule has 3 aromatic rings. The summed E-state index contributed by atoms with van der Waals surface area (Å²) in [5.41, 5.74) is 2.13. The molecule has 1 unspecified atom stereocenters. The first-order chi connectivity index (χ1) is 11.7. The Morgan fingerprint density at radius 2 is 1.88 bits per heavy atom. The molecule has 1 aliphatic heterocycles. The summed E-state index contributed by atoms with van der Waals surface area (Å²) in [6.45, 7) is 0.559. The summed E-state index contributed by atoms with van der Waals surface area (Å²) < 4.78 is 1.11. The van der Waals surface area contributed by atoms with Crippen LogP contribution in [-0.4, -0.2) is 28.2 Å². The summed E-state index contributed by atoms with van der Waals surface area (Å²) in [5, 5.41) is 9.31. The Kier molecular flexibility index (Phi) is 3.86. The number of amides is 1. The minimum absolute atomic E-state index is 0.0280. The number of carbonyl (C=O) groups is 1. The van der Waals surface area contributed by atoms with Gasteiger partial charge in [-0.15, -0.1) is 11.3 Å². The number of nitrogens with zero attached hydrogens (tertiary/aromatic N) is 2. The van der Waals surface area contributed by atoms with E-state index in [0.29, 0.717) is 18.8 Å². The molecule has 1 fully saturated rings. The molecule has 4 nitrogen and oxygen atoms in total. The van der Waals surface area contributed by atoms with Crippen LogP contribution in [0.2, 0.25) is 0 Å². The summed E-state index contributed by atoms with van der Waals surface area (Å²) in [4.78, 5) is 18.6. The fourth-order valence-electron chi connectivity index (χ4n) is 3.08. The van der Waals surface area contributed by atoms with Gasteiger partial charge in [-0.1, -0.05) is 42.5 Å². The van der Waals surface area contributed by atoms with Crippen molar-refractivity contribution in [2.75, 3.05) is 6.54 Å². The van der Waals surface area contributed by atoms with Gasteiger partial charge in [0.2, 0.25) is 5.91 Å². The number of amidine groups is 1. The Morgan fingerprint density at radius 3 is 2.67 bits per heavy atom. The van der Waals surface area contributed by atoms with Crippen LogP contribution in [0.5, 0.6) is 0 Å². The summed E-state index contributed by atoms with van der Waals surface area (Å²) in [6.07, 6.45) is 1.12. The number of likely N-dealkylation sites (tertiary alicyclic amines) is 1. The predicted octanol–water partition coefficient (Wildman–Crippen LogP) is 3.83. The number of carbonyl (C=O) groups excluding carboxylic acids is 1. The molecule has 1 amide bonds. The molecule has 1 aliphatic rings. The lowest BCUT2D eigenvalue weighted by atomic mass is 10.1. The zero-order chi connectivity index (χ0) is 16.5. The highest BCUT2D eigenvalue weighted by Crippen LogP contribution is 2.34. The largest absolute Gasteiger partial charge is 0.300 e. The lowest BCUT2D eigenvalue weighted by Gasteiger charge is -2.17. The Hall–Kier alpha value is -2.53. The monoisotopic (exact) mass is 335 g/mol. The van der Waals surface area contributed by atoms with E-state index in [-0.39, 0.29) is 11.8 Å². The zero-order valence-electron chi connectivity index (χ0n) is 13.1. The van der Waals surface area contributed by atoms with Crippen molar-refractivity contribution in [2.45, 2.75) is 18.8 Å². The highest BCUT2D eigenvalue weighted by atomic mass is 32.1. The number of para-hydroxylation sites is 1. The molecule has 0 spiro atoms. The van der Waals surface area contributed by atoms with Crippen molar-refractivity contribution in [3.63, 3.8) is 0 Å². The van der Waals surface area contributed by atoms with Crippen molar-refractivity contribution in [3.8, 4) is 0 Å². The molecule has 1 aromatic heterocycles. The zero-order valence-corrected chi connectivity index (χ0v) is 13.9. The van der Waals surface area contributed by atoms with Gasteiger partial charge < -0.3 is 0 Å². The van der Waals surface area contributed by atoms with Gasteiger partial charge >= 0.3 is 0 Å². The first kappa shape index (κ1) is 15.0. The molecule has 1 atom stereocenters. The van der Waals surface area contributed by atoms with E-state index in [0.717, 1.165) is 21.6 Å². The van der Waals surface area contributed by atoms with E-state index >= 15 is 0 Å². The van der Waals surface area contributed by atoms with E-state index in [2.05, 4.69) is 17.1 Å². The lowest BCUT2D eigenvalue weighted by Crippen LogP contribution is -2.31. The van der Waals surface area contributed by atoms with Crippen molar-refractivity contribution in [1.82, 2.24) is 9.88 Å². The topological polar surface area (TPSA) is 57.1 Å². The van der Waals surface area contributed by atoms with Crippen molar-refractivity contribution in [1.29, 1.82) is 5.41 Å². The number of hydrogen-bond donors (Lipinski definition) is 1. The van der Waals surface area contributed by atoms with Gasteiger partial charge in [0.1, 0.15) is 10.8 Å². The Morgan fingerprint density at radius 1 is 1.12 bits per heavy atom. The molecule has 4 rings (SSSR count). The van der Waals surface area contributed by atoms with Gasteiger partial charge in [-0.25, -0.2) is 4.98 Å².